The summed E-state index contributed by atoms with van der Waals surface area (Å²) in [7, 11) is 0. The fourth-order valence-corrected chi connectivity index (χ4v) is 2.54. The smallest absolute Gasteiger partial charge is 0.407 e. The number of alkyl carbamates (subject to hydrolysis) is 1. The molecule has 0 aliphatic rings. The van der Waals surface area contributed by atoms with Gasteiger partial charge in [-0.15, -0.1) is 11.3 Å². The highest BCUT2D eigenvalue weighted by atomic mass is 32.1. The van der Waals surface area contributed by atoms with Gasteiger partial charge in [0.2, 0.25) is 5.91 Å². The molecule has 0 spiro atoms. The normalized spacial score (nSPS) is 12.1. The van der Waals surface area contributed by atoms with Crippen LogP contribution < -0.4 is 10.6 Å². The van der Waals surface area contributed by atoms with Crippen molar-refractivity contribution < 1.29 is 14.3 Å². The van der Waals surface area contributed by atoms with E-state index in [-0.39, 0.29) is 18.4 Å². The van der Waals surface area contributed by atoms with Crippen LogP contribution in [0.4, 0.5) is 4.79 Å². The Labute approximate surface area is 123 Å². The summed E-state index contributed by atoms with van der Waals surface area (Å²) in [6, 6.07) is 1.43. The van der Waals surface area contributed by atoms with Crippen LogP contribution in [0.5, 0.6) is 0 Å². The van der Waals surface area contributed by atoms with Crippen molar-refractivity contribution in [2.75, 3.05) is 6.61 Å². The number of hydrogen-bond donors (Lipinski definition) is 2. The number of nitrogens with one attached hydrogen (secondary N) is 2. The standard InChI is InChI=1S/C14H22N2O3S/c1-5-19-14(18)16-12(9(2)3)13(17)15-8-11-10(4)6-7-20-11/h6-7,9,12H,5,8H2,1-4H3,(H,15,17)(H,16,18)/t12-/m1/s1. The van der Waals surface area contributed by atoms with Crippen LogP contribution in [0.25, 0.3) is 0 Å². The lowest BCUT2D eigenvalue weighted by Crippen LogP contribution is -2.49. The Balaban J connectivity index is 2.56. The van der Waals surface area contributed by atoms with E-state index in [0.29, 0.717) is 6.54 Å². The molecule has 0 bridgehead atoms. The third-order valence-corrected chi connectivity index (χ3v) is 3.91. The molecule has 5 nitrogen and oxygen atoms in total. The van der Waals surface area contributed by atoms with Crippen LogP contribution in [0.2, 0.25) is 0 Å². The Hall–Kier alpha value is -1.56. The number of carbonyl (C=O) groups is 2. The highest BCUT2D eigenvalue weighted by molar-refractivity contribution is 7.10. The largest absolute Gasteiger partial charge is 0.450 e. The topological polar surface area (TPSA) is 67.4 Å². The predicted octanol–water partition coefficient (Wildman–Crippen LogP) is 2.44. The zero-order valence-corrected chi connectivity index (χ0v) is 13.2. The van der Waals surface area contributed by atoms with Crippen molar-refractivity contribution in [3.8, 4) is 0 Å². The first kappa shape index (κ1) is 16.5. The highest BCUT2D eigenvalue weighted by Crippen LogP contribution is 2.15. The molecule has 0 aliphatic heterocycles. The van der Waals surface area contributed by atoms with Crippen molar-refractivity contribution in [2.24, 2.45) is 5.92 Å². The lowest BCUT2D eigenvalue weighted by atomic mass is 10.0. The molecule has 0 aliphatic carbocycles. The first-order valence-corrected chi connectivity index (χ1v) is 7.57. The van der Waals surface area contributed by atoms with Gasteiger partial charge in [0.05, 0.1) is 13.2 Å². The summed E-state index contributed by atoms with van der Waals surface area (Å²) in [5.74, 6) is -0.204. The molecule has 1 atom stereocenters. The molecule has 0 saturated carbocycles. The van der Waals surface area contributed by atoms with E-state index in [2.05, 4.69) is 10.6 Å². The number of amides is 2. The Morgan fingerprint density at radius 2 is 2.10 bits per heavy atom. The van der Waals surface area contributed by atoms with E-state index in [9.17, 15) is 9.59 Å². The summed E-state index contributed by atoms with van der Waals surface area (Å²) < 4.78 is 4.81. The summed E-state index contributed by atoms with van der Waals surface area (Å²) in [6.07, 6.45) is -0.561. The molecular weight excluding hydrogens is 276 g/mol. The fraction of sp³-hybridized carbons (Fsp3) is 0.571. The molecule has 1 heterocycles. The molecule has 2 amide bonds. The van der Waals surface area contributed by atoms with Gasteiger partial charge < -0.3 is 15.4 Å². The van der Waals surface area contributed by atoms with E-state index in [0.717, 1.165) is 10.4 Å². The molecule has 0 aromatic carbocycles. The van der Waals surface area contributed by atoms with E-state index in [1.807, 2.05) is 32.2 Å². The van der Waals surface area contributed by atoms with Crippen molar-refractivity contribution in [1.82, 2.24) is 10.6 Å². The van der Waals surface area contributed by atoms with Crippen LogP contribution in [0.3, 0.4) is 0 Å². The molecule has 0 saturated heterocycles. The lowest BCUT2D eigenvalue weighted by Gasteiger charge is -2.21. The Kier molecular flexibility index (Phi) is 6.51. The number of thiophene rings is 1. The summed E-state index contributed by atoms with van der Waals surface area (Å²) in [6.45, 7) is 8.26. The van der Waals surface area contributed by atoms with Gasteiger partial charge in [-0.25, -0.2) is 4.79 Å². The SMILES string of the molecule is CCOC(=O)N[C@@H](C(=O)NCc1sccc1C)C(C)C. The Bertz CT molecular complexity index is 457. The average molecular weight is 298 g/mol. The number of rotatable bonds is 6. The van der Waals surface area contributed by atoms with Crippen molar-refractivity contribution in [2.45, 2.75) is 40.3 Å². The Morgan fingerprint density at radius 1 is 1.40 bits per heavy atom. The van der Waals surface area contributed by atoms with Crippen LogP contribution in [0, 0.1) is 12.8 Å². The van der Waals surface area contributed by atoms with Gasteiger partial charge >= 0.3 is 6.09 Å². The van der Waals surface area contributed by atoms with E-state index in [1.165, 1.54) is 0 Å². The first-order chi connectivity index (χ1) is 9.45. The summed E-state index contributed by atoms with van der Waals surface area (Å²) in [5.41, 5.74) is 1.16. The second-order valence-corrected chi connectivity index (χ2v) is 5.83. The van der Waals surface area contributed by atoms with Gasteiger partial charge in [-0.1, -0.05) is 13.8 Å². The van der Waals surface area contributed by atoms with Gasteiger partial charge in [0, 0.05) is 4.88 Å². The molecule has 1 aromatic rings. The van der Waals surface area contributed by atoms with E-state index >= 15 is 0 Å². The quantitative estimate of drug-likeness (QED) is 0.847. The van der Waals surface area contributed by atoms with Gasteiger partial charge in [0.25, 0.3) is 0 Å². The van der Waals surface area contributed by atoms with Crippen LogP contribution >= 0.6 is 11.3 Å². The van der Waals surface area contributed by atoms with Gasteiger partial charge in [-0.05, 0) is 36.8 Å². The minimum Gasteiger partial charge on any atom is -0.450 e. The maximum Gasteiger partial charge on any atom is 0.407 e. The number of ether oxygens (including phenoxy) is 1. The third-order valence-electron chi connectivity index (χ3n) is 2.89. The zero-order valence-electron chi connectivity index (χ0n) is 12.4. The first-order valence-electron chi connectivity index (χ1n) is 6.69. The minimum atomic E-state index is -0.589. The van der Waals surface area contributed by atoms with Crippen LogP contribution in [-0.4, -0.2) is 24.6 Å². The minimum absolute atomic E-state index is 0.0103. The molecule has 1 aromatic heterocycles. The van der Waals surface area contributed by atoms with E-state index in [1.54, 1.807) is 18.3 Å². The maximum atomic E-state index is 12.2. The monoisotopic (exact) mass is 298 g/mol. The molecule has 20 heavy (non-hydrogen) atoms. The van der Waals surface area contributed by atoms with Gasteiger partial charge in [0.15, 0.2) is 0 Å². The predicted molar refractivity (Wildman–Crippen MR) is 79.7 cm³/mol. The Morgan fingerprint density at radius 3 is 2.60 bits per heavy atom. The van der Waals surface area contributed by atoms with E-state index < -0.39 is 12.1 Å². The molecule has 112 valence electrons. The molecular formula is C14H22N2O3S. The summed E-state index contributed by atoms with van der Waals surface area (Å²) in [5, 5.41) is 7.44. The fourth-order valence-electron chi connectivity index (χ4n) is 1.70. The van der Waals surface area contributed by atoms with Gasteiger partial charge in [-0.3, -0.25) is 4.79 Å². The van der Waals surface area contributed by atoms with Crippen LogP contribution in [0.15, 0.2) is 11.4 Å². The van der Waals surface area contributed by atoms with Crippen molar-refractivity contribution in [1.29, 1.82) is 0 Å². The second-order valence-electron chi connectivity index (χ2n) is 4.83. The number of carbonyl (C=O) groups excluding carboxylic acids is 2. The van der Waals surface area contributed by atoms with Crippen LogP contribution in [0.1, 0.15) is 31.2 Å². The summed E-state index contributed by atoms with van der Waals surface area (Å²) in [4.78, 5) is 24.7. The zero-order chi connectivity index (χ0) is 15.1. The maximum absolute atomic E-state index is 12.2. The molecule has 6 heteroatoms. The lowest BCUT2D eigenvalue weighted by molar-refractivity contribution is -0.124. The highest BCUT2D eigenvalue weighted by Gasteiger charge is 2.24. The van der Waals surface area contributed by atoms with Crippen molar-refractivity contribution in [3.05, 3.63) is 21.9 Å². The number of aryl methyl sites for hydroxylation is 1. The average Bonchev–Trinajstić information content (AvgIpc) is 2.78. The van der Waals surface area contributed by atoms with Crippen molar-refractivity contribution in [3.63, 3.8) is 0 Å². The summed E-state index contributed by atoms with van der Waals surface area (Å²) >= 11 is 1.61. The van der Waals surface area contributed by atoms with E-state index in [4.69, 9.17) is 4.74 Å². The van der Waals surface area contributed by atoms with Gasteiger partial charge in [0.1, 0.15) is 6.04 Å². The van der Waals surface area contributed by atoms with Crippen molar-refractivity contribution >= 4 is 23.3 Å². The second kappa shape index (κ2) is 7.89. The molecule has 1 rings (SSSR count). The number of hydrogen-bond acceptors (Lipinski definition) is 4. The molecule has 0 unspecified atom stereocenters. The van der Waals surface area contributed by atoms with Gasteiger partial charge in [-0.2, -0.15) is 0 Å². The molecule has 2 N–H and O–H groups in total. The van der Waals surface area contributed by atoms with Crippen LogP contribution in [-0.2, 0) is 16.1 Å². The molecule has 0 radical (unpaired) electrons. The third kappa shape index (κ3) is 4.85. The molecule has 0 fully saturated rings.